The highest BCUT2D eigenvalue weighted by Gasteiger charge is 2.20. The third kappa shape index (κ3) is 3.17. The van der Waals surface area contributed by atoms with Crippen molar-refractivity contribution < 1.29 is 4.52 Å². The fraction of sp³-hybridized carbons (Fsp3) is 0.429. The highest BCUT2D eigenvalue weighted by molar-refractivity contribution is 5.22. The molecule has 2 aromatic rings. The van der Waals surface area contributed by atoms with Crippen LogP contribution in [0.4, 0.5) is 0 Å². The fourth-order valence-corrected chi connectivity index (χ4v) is 1.74. The second-order valence-electron chi connectivity index (χ2n) is 5.67. The number of nitrogens with zero attached hydrogens (tertiary/aromatic N) is 2. The zero-order chi connectivity index (χ0) is 13.2. The van der Waals surface area contributed by atoms with Gasteiger partial charge in [-0.15, -0.1) is 0 Å². The van der Waals surface area contributed by atoms with Gasteiger partial charge in [0.15, 0.2) is 5.82 Å². The Bertz CT molecular complexity index is 499. The molecule has 0 aliphatic carbocycles. The van der Waals surface area contributed by atoms with Crippen LogP contribution in [-0.4, -0.2) is 10.1 Å². The molecule has 0 radical (unpaired) electrons. The molecule has 0 fully saturated rings. The average Bonchev–Trinajstić information content (AvgIpc) is 2.75. The van der Waals surface area contributed by atoms with Crippen LogP contribution in [0.3, 0.4) is 0 Å². The predicted molar refractivity (Wildman–Crippen MR) is 69.9 cm³/mol. The van der Waals surface area contributed by atoms with Gasteiger partial charge in [-0.1, -0.05) is 56.3 Å². The summed E-state index contributed by atoms with van der Waals surface area (Å²) in [5, 5.41) is 3.98. The lowest BCUT2D eigenvalue weighted by Gasteiger charge is -2.14. The third-order valence-corrected chi connectivity index (χ3v) is 2.60. The molecule has 0 aliphatic heterocycles. The summed E-state index contributed by atoms with van der Waals surface area (Å²) in [6.07, 6.45) is 0.776. The summed E-state index contributed by atoms with van der Waals surface area (Å²) < 4.78 is 5.24. The van der Waals surface area contributed by atoms with Crippen LogP contribution in [0.1, 0.15) is 44.1 Å². The summed E-state index contributed by atoms with van der Waals surface area (Å²) in [6.45, 7) is 6.42. The van der Waals surface area contributed by atoms with Crippen LogP contribution in [0.25, 0.3) is 0 Å². The minimum atomic E-state index is -0.354. The molecule has 0 aliphatic rings. The molecule has 0 spiro atoms. The first-order valence-electron chi connectivity index (χ1n) is 6.09. The molecule has 0 saturated carbocycles. The van der Waals surface area contributed by atoms with E-state index in [1.807, 2.05) is 30.3 Å². The third-order valence-electron chi connectivity index (χ3n) is 2.60. The molecule has 2 N–H and O–H groups in total. The smallest absolute Gasteiger partial charge is 0.248 e. The molecule has 1 aromatic carbocycles. The normalized spacial score (nSPS) is 13.6. The zero-order valence-electron chi connectivity index (χ0n) is 11.1. The van der Waals surface area contributed by atoms with E-state index >= 15 is 0 Å². The van der Waals surface area contributed by atoms with Gasteiger partial charge in [0.1, 0.15) is 6.04 Å². The van der Waals surface area contributed by atoms with Gasteiger partial charge in [-0.25, -0.2) is 0 Å². The van der Waals surface area contributed by atoms with Crippen molar-refractivity contribution in [1.29, 1.82) is 0 Å². The van der Waals surface area contributed by atoms with Crippen molar-refractivity contribution >= 4 is 0 Å². The number of benzene rings is 1. The molecule has 1 heterocycles. The number of hydrogen-bond acceptors (Lipinski definition) is 4. The molecule has 0 saturated heterocycles. The van der Waals surface area contributed by atoms with Gasteiger partial charge in [0, 0.05) is 6.42 Å². The Morgan fingerprint density at radius 3 is 2.50 bits per heavy atom. The molecular formula is C14H19N3O. The Morgan fingerprint density at radius 1 is 1.22 bits per heavy atom. The van der Waals surface area contributed by atoms with Crippen molar-refractivity contribution in [3.05, 3.63) is 47.6 Å². The number of rotatable bonds is 3. The van der Waals surface area contributed by atoms with Gasteiger partial charge < -0.3 is 10.3 Å². The van der Waals surface area contributed by atoms with E-state index in [1.54, 1.807) is 0 Å². The summed E-state index contributed by atoms with van der Waals surface area (Å²) in [7, 11) is 0. The molecule has 18 heavy (non-hydrogen) atoms. The van der Waals surface area contributed by atoms with Crippen molar-refractivity contribution in [2.75, 3.05) is 0 Å². The van der Waals surface area contributed by atoms with E-state index in [9.17, 15) is 0 Å². The average molecular weight is 245 g/mol. The van der Waals surface area contributed by atoms with Gasteiger partial charge in [-0.2, -0.15) is 4.98 Å². The zero-order valence-corrected chi connectivity index (χ0v) is 11.1. The first-order chi connectivity index (χ1) is 8.46. The summed E-state index contributed by atoms with van der Waals surface area (Å²) in [5.41, 5.74) is 7.21. The van der Waals surface area contributed by atoms with Crippen LogP contribution >= 0.6 is 0 Å². The monoisotopic (exact) mass is 245 g/mol. The van der Waals surface area contributed by atoms with Crippen molar-refractivity contribution in [2.24, 2.45) is 11.1 Å². The highest BCUT2D eigenvalue weighted by Crippen LogP contribution is 2.21. The predicted octanol–water partition coefficient (Wildman–Crippen LogP) is 2.71. The first kappa shape index (κ1) is 12.8. The van der Waals surface area contributed by atoms with E-state index < -0.39 is 0 Å². The van der Waals surface area contributed by atoms with Crippen LogP contribution in [0.15, 0.2) is 34.9 Å². The van der Waals surface area contributed by atoms with Gasteiger partial charge in [0.2, 0.25) is 5.89 Å². The molecule has 0 bridgehead atoms. The first-order valence-corrected chi connectivity index (χ1v) is 6.09. The van der Waals surface area contributed by atoms with E-state index in [0.29, 0.717) is 11.7 Å². The topological polar surface area (TPSA) is 64.9 Å². The molecule has 1 aromatic heterocycles. The van der Waals surface area contributed by atoms with E-state index in [0.717, 1.165) is 12.0 Å². The van der Waals surface area contributed by atoms with Crippen molar-refractivity contribution in [2.45, 2.75) is 33.2 Å². The maximum Gasteiger partial charge on any atom is 0.248 e. The van der Waals surface area contributed by atoms with Crippen molar-refractivity contribution in [3.8, 4) is 0 Å². The van der Waals surface area contributed by atoms with Gasteiger partial charge in [-0.05, 0) is 11.0 Å². The molecule has 0 amide bonds. The maximum atomic E-state index is 6.10. The lowest BCUT2D eigenvalue weighted by molar-refractivity contribution is 0.348. The van der Waals surface area contributed by atoms with Gasteiger partial charge in [0.25, 0.3) is 0 Å². The van der Waals surface area contributed by atoms with Crippen molar-refractivity contribution in [3.63, 3.8) is 0 Å². The Kier molecular flexibility index (Phi) is 3.48. The second kappa shape index (κ2) is 4.90. The second-order valence-corrected chi connectivity index (χ2v) is 5.67. The van der Waals surface area contributed by atoms with Crippen LogP contribution in [0.5, 0.6) is 0 Å². The lowest BCUT2D eigenvalue weighted by Crippen LogP contribution is -2.13. The highest BCUT2D eigenvalue weighted by atomic mass is 16.5. The number of hydrogen-bond donors (Lipinski definition) is 1. The Labute approximate surface area is 107 Å². The van der Waals surface area contributed by atoms with Gasteiger partial charge in [-0.3, -0.25) is 0 Å². The lowest BCUT2D eigenvalue weighted by atomic mass is 9.92. The quantitative estimate of drug-likeness (QED) is 0.903. The van der Waals surface area contributed by atoms with E-state index in [2.05, 4.69) is 30.9 Å². The molecule has 96 valence electrons. The fourth-order valence-electron chi connectivity index (χ4n) is 1.74. The molecular weight excluding hydrogens is 226 g/mol. The Morgan fingerprint density at radius 2 is 1.89 bits per heavy atom. The van der Waals surface area contributed by atoms with Crippen molar-refractivity contribution in [1.82, 2.24) is 10.1 Å². The molecule has 0 unspecified atom stereocenters. The largest absolute Gasteiger partial charge is 0.337 e. The maximum absolute atomic E-state index is 6.10. The Balaban J connectivity index is 2.15. The number of aromatic nitrogens is 2. The Hall–Kier alpha value is -1.68. The van der Waals surface area contributed by atoms with E-state index in [-0.39, 0.29) is 11.5 Å². The number of nitrogens with two attached hydrogens (primary N) is 1. The summed E-state index contributed by atoms with van der Waals surface area (Å²) in [5.74, 6) is 1.18. The van der Waals surface area contributed by atoms with Crippen LogP contribution in [0, 0.1) is 5.41 Å². The standard InChI is InChI=1S/C14H19N3O/c1-14(2,3)9-11-16-13(18-17-11)12(15)10-7-5-4-6-8-10/h4-8,12H,9,15H2,1-3H3/t12-/m0/s1. The summed E-state index contributed by atoms with van der Waals surface area (Å²) in [6, 6.07) is 9.40. The SMILES string of the molecule is CC(C)(C)Cc1noc([C@@H](N)c2ccccc2)n1. The molecule has 4 heteroatoms. The molecule has 4 nitrogen and oxygen atoms in total. The van der Waals surface area contributed by atoms with Crippen LogP contribution in [0.2, 0.25) is 0 Å². The minimum absolute atomic E-state index is 0.137. The summed E-state index contributed by atoms with van der Waals surface area (Å²) >= 11 is 0. The van der Waals surface area contributed by atoms with E-state index in [1.165, 1.54) is 0 Å². The van der Waals surface area contributed by atoms with Crippen LogP contribution in [-0.2, 0) is 6.42 Å². The molecule has 1 atom stereocenters. The molecule has 2 rings (SSSR count). The summed E-state index contributed by atoms with van der Waals surface area (Å²) in [4.78, 5) is 4.37. The van der Waals surface area contributed by atoms with E-state index in [4.69, 9.17) is 10.3 Å². The van der Waals surface area contributed by atoms with Gasteiger partial charge >= 0.3 is 0 Å². The minimum Gasteiger partial charge on any atom is -0.337 e. The van der Waals surface area contributed by atoms with Gasteiger partial charge in [0.05, 0.1) is 0 Å². The van der Waals surface area contributed by atoms with Crippen LogP contribution < -0.4 is 5.73 Å².